The van der Waals surface area contributed by atoms with Crippen molar-refractivity contribution >= 4 is 16.7 Å². The summed E-state index contributed by atoms with van der Waals surface area (Å²) in [5.74, 6) is 1.08. The second-order valence-corrected chi connectivity index (χ2v) is 8.43. The topological polar surface area (TPSA) is 35.2 Å². The minimum absolute atomic E-state index is 0.944. The monoisotopic (exact) mass is 410 g/mol. The Balaban J connectivity index is 1.14. The highest BCUT2D eigenvalue weighted by atomic mass is 15.3. The average molecular weight is 411 g/mol. The zero-order valence-electron chi connectivity index (χ0n) is 18.0. The number of rotatable bonds is 7. The first kappa shape index (κ1) is 19.8. The molecule has 4 nitrogen and oxygen atoms in total. The van der Waals surface area contributed by atoms with Crippen molar-refractivity contribution < 1.29 is 0 Å². The van der Waals surface area contributed by atoms with Crippen LogP contribution in [-0.4, -0.2) is 47.6 Å². The molecule has 1 aliphatic rings. The van der Waals surface area contributed by atoms with Crippen LogP contribution in [0.2, 0.25) is 0 Å². The van der Waals surface area contributed by atoms with Gasteiger partial charge in [0.25, 0.3) is 0 Å². The van der Waals surface area contributed by atoms with E-state index in [0.717, 1.165) is 68.8 Å². The smallest absolute Gasteiger partial charge is 0.107 e. The first-order valence-electron chi connectivity index (χ1n) is 11.4. The summed E-state index contributed by atoms with van der Waals surface area (Å²) in [6.07, 6.45) is 3.04. The van der Waals surface area contributed by atoms with Gasteiger partial charge in [0.05, 0.1) is 11.0 Å². The molecule has 1 N–H and O–H groups in total. The minimum Gasteiger partial charge on any atom is -0.369 e. The number of nitrogens with one attached hydrogen (secondary N) is 1. The number of hydrogen-bond donors (Lipinski definition) is 1. The second kappa shape index (κ2) is 9.36. The standard InChI is InChI=1S/C27H30N4/c1-3-7-22(8-4-1)12-14-27-28-25-13-11-23(21-26(25)29-27)15-16-30-17-19-31(20-18-30)24-9-5-2-6-10-24/h1-11,13,21H,12,14-20H2,(H,28,29). The number of piperazine rings is 1. The molecule has 2 heterocycles. The van der Waals surface area contributed by atoms with Gasteiger partial charge in [-0.15, -0.1) is 0 Å². The number of para-hydroxylation sites is 1. The number of fused-ring (bicyclic) bond motifs is 1. The number of benzene rings is 3. The van der Waals surface area contributed by atoms with Gasteiger partial charge in [0.2, 0.25) is 0 Å². The van der Waals surface area contributed by atoms with Gasteiger partial charge in [-0.2, -0.15) is 0 Å². The van der Waals surface area contributed by atoms with E-state index in [2.05, 4.69) is 93.6 Å². The van der Waals surface area contributed by atoms with Crippen LogP contribution in [0.5, 0.6) is 0 Å². The number of aromatic amines is 1. The van der Waals surface area contributed by atoms with Crippen LogP contribution >= 0.6 is 0 Å². The van der Waals surface area contributed by atoms with E-state index in [0.29, 0.717) is 0 Å². The highest BCUT2D eigenvalue weighted by Gasteiger charge is 2.16. The summed E-state index contributed by atoms with van der Waals surface area (Å²) in [5, 5.41) is 0. The van der Waals surface area contributed by atoms with E-state index >= 15 is 0 Å². The molecule has 0 saturated carbocycles. The highest BCUT2D eigenvalue weighted by Crippen LogP contribution is 2.18. The number of aromatic nitrogens is 2. The van der Waals surface area contributed by atoms with Crippen molar-refractivity contribution in [3.8, 4) is 0 Å². The van der Waals surface area contributed by atoms with Gasteiger partial charge in [0.1, 0.15) is 5.82 Å². The quantitative estimate of drug-likeness (QED) is 0.479. The van der Waals surface area contributed by atoms with Crippen LogP contribution in [0, 0.1) is 0 Å². The van der Waals surface area contributed by atoms with Crippen LogP contribution in [0.15, 0.2) is 78.9 Å². The molecule has 1 aromatic heterocycles. The van der Waals surface area contributed by atoms with Crippen LogP contribution in [0.4, 0.5) is 5.69 Å². The molecule has 4 heteroatoms. The second-order valence-electron chi connectivity index (χ2n) is 8.43. The van der Waals surface area contributed by atoms with Crippen molar-refractivity contribution in [2.75, 3.05) is 37.6 Å². The lowest BCUT2D eigenvalue weighted by Gasteiger charge is -2.36. The average Bonchev–Trinajstić information content (AvgIpc) is 3.25. The lowest BCUT2D eigenvalue weighted by Crippen LogP contribution is -2.46. The van der Waals surface area contributed by atoms with Crippen molar-refractivity contribution in [3.63, 3.8) is 0 Å². The Morgan fingerprint density at radius 2 is 1.45 bits per heavy atom. The van der Waals surface area contributed by atoms with E-state index in [4.69, 9.17) is 4.98 Å². The fourth-order valence-corrected chi connectivity index (χ4v) is 4.45. The number of hydrogen-bond acceptors (Lipinski definition) is 3. The molecule has 1 aliphatic heterocycles. The summed E-state index contributed by atoms with van der Waals surface area (Å²) in [4.78, 5) is 13.4. The predicted octanol–water partition coefficient (Wildman–Crippen LogP) is 4.71. The van der Waals surface area contributed by atoms with Crippen LogP contribution in [0.1, 0.15) is 17.0 Å². The van der Waals surface area contributed by atoms with Gasteiger partial charge in [-0.25, -0.2) is 4.98 Å². The lowest BCUT2D eigenvalue weighted by atomic mass is 10.1. The molecular formula is C27H30N4. The zero-order valence-corrected chi connectivity index (χ0v) is 18.0. The van der Waals surface area contributed by atoms with Crippen molar-refractivity contribution in [2.24, 2.45) is 0 Å². The molecule has 0 bridgehead atoms. The van der Waals surface area contributed by atoms with Gasteiger partial charge in [-0.05, 0) is 48.2 Å². The number of imidazole rings is 1. The van der Waals surface area contributed by atoms with Gasteiger partial charge in [-0.1, -0.05) is 54.6 Å². The number of nitrogens with zero attached hydrogens (tertiary/aromatic N) is 3. The Labute approximate surface area is 184 Å². The molecule has 0 spiro atoms. The third-order valence-corrected chi connectivity index (χ3v) is 6.30. The summed E-state index contributed by atoms with van der Waals surface area (Å²) < 4.78 is 0. The molecule has 3 aromatic carbocycles. The molecule has 1 fully saturated rings. The van der Waals surface area contributed by atoms with E-state index in [1.807, 2.05) is 0 Å². The van der Waals surface area contributed by atoms with E-state index in [1.54, 1.807) is 0 Å². The molecule has 0 aliphatic carbocycles. The number of anilines is 1. The maximum atomic E-state index is 4.78. The third-order valence-electron chi connectivity index (χ3n) is 6.30. The third kappa shape index (κ3) is 4.97. The van der Waals surface area contributed by atoms with E-state index in [9.17, 15) is 0 Å². The largest absolute Gasteiger partial charge is 0.369 e. The molecule has 0 radical (unpaired) electrons. The zero-order chi connectivity index (χ0) is 20.9. The molecule has 158 valence electrons. The summed E-state index contributed by atoms with van der Waals surface area (Å²) in [6, 6.07) is 28.1. The Kier molecular flexibility index (Phi) is 5.99. The molecule has 31 heavy (non-hydrogen) atoms. The summed E-state index contributed by atoms with van der Waals surface area (Å²) in [6.45, 7) is 5.58. The van der Waals surface area contributed by atoms with Crippen molar-refractivity contribution in [1.82, 2.24) is 14.9 Å². The molecule has 1 saturated heterocycles. The van der Waals surface area contributed by atoms with Crippen LogP contribution in [0.25, 0.3) is 11.0 Å². The predicted molar refractivity (Wildman–Crippen MR) is 129 cm³/mol. The number of H-pyrrole nitrogens is 1. The maximum Gasteiger partial charge on any atom is 0.107 e. The molecule has 0 atom stereocenters. The first-order valence-corrected chi connectivity index (χ1v) is 11.4. The molecule has 0 unspecified atom stereocenters. The van der Waals surface area contributed by atoms with Crippen LogP contribution in [0.3, 0.4) is 0 Å². The summed E-state index contributed by atoms with van der Waals surface area (Å²) in [5.41, 5.74) is 6.32. The molecule has 4 aromatic rings. The summed E-state index contributed by atoms with van der Waals surface area (Å²) >= 11 is 0. The fourth-order valence-electron chi connectivity index (χ4n) is 4.45. The Bertz CT molecular complexity index is 1100. The van der Waals surface area contributed by atoms with Crippen molar-refractivity contribution in [3.05, 3.63) is 95.8 Å². The fraction of sp³-hybridized carbons (Fsp3) is 0.296. The molecule has 0 amide bonds. The Morgan fingerprint density at radius 3 is 2.23 bits per heavy atom. The Hall–Kier alpha value is -3.11. The van der Waals surface area contributed by atoms with Crippen molar-refractivity contribution in [2.45, 2.75) is 19.3 Å². The van der Waals surface area contributed by atoms with Gasteiger partial charge >= 0.3 is 0 Å². The van der Waals surface area contributed by atoms with E-state index in [1.165, 1.54) is 16.8 Å². The first-order chi connectivity index (χ1) is 15.3. The SMILES string of the molecule is c1ccc(CCc2nc3ccc(CCN4CCN(c5ccccc5)CC4)cc3[nH]2)cc1. The molecular weight excluding hydrogens is 380 g/mol. The van der Waals surface area contributed by atoms with Gasteiger partial charge in [-0.3, -0.25) is 4.90 Å². The van der Waals surface area contributed by atoms with Crippen molar-refractivity contribution in [1.29, 1.82) is 0 Å². The lowest BCUT2D eigenvalue weighted by molar-refractivity contribution is 0.261. The normalized spacial score (nSPS) is 14.9. The van der Waals surface area contributed by atoms with Crippen LogP contribution in [-0.2, 0) is 19.3 Å². The maximum absolute atomic E-state index is 4.78. The van der Waals surface area contributed by atoms with Gasteiger partial charge < -0.3 is 9.88 Å². The molecule has 5 rings (SSSR count). The summed E-state index contributed by atoms with van der Waals surface area (Å²) in [7, 11) is 0. The van der Waals surface area contributed by atoms with E-state index in [-0.39, 0.29) is 0 Å². The highest BCUT2D eigenvalue weighted by molar-refractivity contribution is 5.75. The van der Waals surface area contributed by atoms with Crippen LogP contribution < -0.4 is 4.90 Å². The Morgan fingerprint density at radius 1 is 0.710 bits per heavy atom. The van der Waals surface area contributed by atoms with Gasteiger partial charge in [0.15, 0.2) is 0 Å². The van der Waals surface area contributed by atoms with E-state index < -0.39 is 0 Å². The minimum atomic E-state index is 0.944. The number of aryl methyl sites for hydroxylation is 2. The van der Waals surface area contributed by atoms with Gasteiger partial charge in [0, 0.05) is 44.8 Å².